The summed E-state index contributed by atoms with van der Waals surface area (Å²) in [7, 11) is 1.30. The molecule has 1 N–H and O–H groups in total. The highest BCUT2D eigenvalue weighted by Crippen LogP contribution is 2.40. The lowest BCUT2D eigenvalue weighted by Crippen LogP contribution is -2.13. The molecule has 5 rings (SSSR count). The monoisotopic (exact) mass is 436 g/mol. The molecule has 2 fully saturated rings. The van der Waals surface area contributed by atoms with Crippen molar-refractivity contribution in [2.75, 3.05) is 19.0 Å². The molecular formula is C22H24N6O4. The molecule has 1 unspecified atom stereocenters. The van der Waals surface area contributed by atoms with Gasteiger partial charge in [-0.15, -0.1) is 0 Å². The Hall–Kier alpha value is -3.53. The van der Waals surface area contributed by atoms with Crippen LogP contribution in [0.2, 0.25) is 0 Å². The molecule has 1 saturated heterocycles. The summed E-state index contributed by atoms with van der Waals surface area (Å²) in [6, 6.07) is 5.45. The van der Waals surface area contributed by atoms with Gasteiger partial charge < -0.3 is 19.5 Å². The zero-order valence-corrected chi connectivity index (χ0v) is 17.7. The molecule has 4 heterocycles. The van der Waals surface area contributed by atoms with Crippen molar-refractivity contribution in [2.24, 2.45) is 0 Å². The molecule has 2 aliphatic rings. The Balaban J connectivity index is 1.36. The number of carbonyl (C=O) groups is 1. The van der Waals surface area contributed by atoms with Gasteiger partial charge in [0.05, 0.1) is 19.3 Å². The van der Waals surface area contributed by atoms with Gasteiger partial charge in [0, 0.05) is 25.1 Å². The number of esters is 1. The fourth-order valence-corrected chi connectivity index (χ4v) is 3.59. The maximum Gasteiger partial charge on any atom is 0.356 e. The maximum atomic E-state index is 11.7. The average Bonchev–Trinajstić information content (AvgIpc) is 3.60. The van der Waals surface area contributed by atoms with E-state index in [0.717, 1.165) is 44.4 Å². The molecule has 10 heteroatoms. The number of hydrogen-bond donors (Lipinski definition) is 1. The van der Waals surface area contributed by atoms with Gasteiger partial charge in [0.25, 0.3) is 0 Å². The van der Waals surface area contributed by atoms with Crippen molar-refractivity contribution >= 4 is 17.7 Å². The van der Waals surface area contributed by atoms with Gasteiger partial charge in [-0.2, -0.15) is 5.10 Å². The van der Waals surface area contributed by atoms with E-state index in [1.165, 1.54) is 19.4 Å². The molecule has 0 radical (unpaired) electrons. The third kappa shape index (κ3) is 4.54. The summed E-state index contributed by atoms with van der Waals surface area (Å²) < 4.78 is 18.9. The summed E-state index contributed by atoms with van der Waals surface area (Å²) in [5.74, 6) is 1.47. The number of nitrogens with zero attached hydrogens (tertiary/aromatic N) is 5. The van der Waals surface area contributed by atoms with Gasteiger partial charge in [0.15, 0.2) is 11.4 Å². The maximum absolute atomic E-state index is 11.7. The van der Waals surface area contributed by atoms with Crippen LogP contribution in [0.15, 0.2) is 36.8 Å². The Bertz CT molecular complexity index is 1110. The van der Waals surface area contributed by atoms with Crippen molar-refractivity contribution in [3.05, 3.63) is 48.2 Å². The third-order valence-corrected chi connectivity index (χ3v) is 5.38. The van der Waals surface area contributed by atoms with Crippen LogP contribution in [0, 0.1) is 0 Å². The van der Waals surface area contributed by atoms with E-state index in [1.807, 2.05) is 10.9 Å². The number of nitrogens with one attached hydrogen (secondary N) is 1. The molecular weight excluding hydrogens is 412 g/mol. The summed E-state index contributed by atoms with van der Waals surface area (Å²) in [5, 5.41) is 7.78. The van der Waals surface area contributed by atoms with Crippen LogP contribution in [0.4, 0.5) is 11.8 Å². The topological polar surface area (TPSA) is 113 Å². The van der Waals surface area contributed by atoms with Gasteiger partial charge in [-0.3, -0.25) is 4.68 Å². The number of carbonyl (C=O) groups excluding carboxylic acids is 1. The van der Waals surface area contributed by atoms with Gasteiger partial charge in [-0.05, 0) is 44.2 Å². The smallest absolute Gasteiger partial charge is 0.356 e. The second kappa shape index (κ2) is 8.91. The van der Waals surface area contributed by atoms with Crippen LogP contribution < -0.4 is 10.1 Å². The lowest BCUT2D eigenvalue weighted by atomic mass is 10.1. The second-order valence-electron chi connectivity index (χ2n) is 7.81. The molecule has 10 nitrogen and oxygen atoms in total. The predicted molar refractivity (Wildman–Crippen MR) is 114 cm³/mol. The first-order chi connectivity index (χ1) is 15.7. The molecule has 166 valence electrons. The van der Waals surface area contributed by atoms with Crippen LogP contribution in [0.1, 0.15) is 60.4 Å². The highest BCUT2D eigenvalue weighted by Gasteiger charge is 2.30. The van der Waals surface area contributed by atoms with Crippen molar-refractivity contribution < 1.29 is 19.0 Å². The largest absolute Gasteiger partial charge is 0.464 e. The van der Waals surface area contributed by atoms with Crippen LogP contribution in [-0.2, 0) is 9.47 Å². The SMILES string of the molecule is COC(=O)c1ccnc(Nc2cc(Oc3cn(C4CC4)nc3C3CCCCO3)ccn2)n1. The Labute approximate surface area is 185 Å². The van der Waals surface area contributed by atoms with Crippen LogP contribution in [-0.4, -0.2) is 44.4 Å². The fourth-order valence-electron chi connectivity index (χ4n) is 3.59. The Kier molecular flexibility index (Phi) is 5.68. The lowest BCUT2D eigenvalue weighted by molar-refractivity contribution is 0.0109. The van der Waals surface area contributed by atoms with E-state index in [2.05, 4.69) is 20.3 Å². The summed E-state index contributed by atoms with van der Waals surface area (Å²) in [5.41, 5.74) is 0.999. The highest BCUT2D eigenvalue weighted by molar-refractivity contribution is 5.87. The number of pyridine rings is 1. The molecule has 1 saturated carbocycles. The van der Waals surface area contributed by atoms with Gasteiger partial charge >= 0.3 is 5.97 Å². The zero-order chi connectivity index (χ0) is 21.9. The number of rotatable bonds is 7. The van der Waals surface area contributed by atoms with Crippen molar-refractivity contribution in [1.29, 1.82) is 0 Å². The van der Waals surface area contributed by atoms with Crippen molar-refractivity contribution in [2.45, 2.75) is 44.2 Å². The Morgan fingerprint density at radius 1 is 1.19 bits per heavy atom. The van der Waals surface area contributed by atoms with E-state index in [4.69, 9.17) is 19.3 Å². The summed E-state index contributed by atoms with van der Waals surface area (Å²) in [6.07, 6.45) is 10.4. The summed E-state index contributed by atoms with van der Waals surface area (Å²) in [4.78, 5) is 24.3. The van der Waals surface area contributed by atoms with Crippen molar-refractivity contribution in [1.82, 2.24) is 24.7 Å². The molecule has 3 aromatic rings. The van der Waals surface area contributed by atoms with Crippen LogP contribution in [0.3, 0.4) is 0 Å². The minimum Gasteiger partial charge on any atom is -0.464 e. The van der Waals surface area contributed by atoms with E-state index in [9.17, 15) is 4.79 Å². The highest BCUT2D eigenvalue weighted by atomic mass is 16.5. The number of methoxy groups -OCH3 is 1. The summed E-state index contributed by atoms with van der Waals surface area (Å²) in [6.45, 7) is 0.744. The third-order valence-electron chi connectivity index (χ3n) is 5.38. The van der Waals surface area contributed by atoms with Gasteiger partial charge in [-0.1, -0.05) is 0 Å². The quantitative estimate of drug-likeness (QED) is 0.550. The predicted octanol–water partition coefficient (Wildman–Crippen LogP) is 3.97. The van der Waals surface area contributed by atoms with Crippen LogP contribution >= 0.6 is 0 Å². The van der Waals surface area contributed by atoms with Gasteiger partial charge in [0.1, 0.15) is 23.4 Å². The van der Waals surface area contributed by atoms with Gasteiger partial charge in [0.2, 0.25) is 5.95 Å². The Morgan fingerprint density at radius 3 is 2.84 bits per heavy atom. The van der Waals surface area contributed by atoms with Crippen LogP contribution in [0.5, 0.6) is 11.5 Å². The van der Waals surface area contributed by atoms with Crippen LogP contribution in [0.25, 0.3) is 0 Å². The molecule has 0 amide bonds. The van der Waals surface area contributed by atoms with E-state index < -0.39 is 5.97 Å². The van der Waals surface area contributed by atoms with E-state index >= 15 is 0 Å². The standard InChI is InChI=1S/C22H24N6O4/c1-30-21(29)16-8-10-24-22(25-16)26-19-12-15(7-9-23-19)32-18-13-28(14-5-6-14)27-20(18)17-4-2-3-11-31-17/h7-10,12-14,17H,2-6,11H2,1H3,(H,23,24,25,26). The molecule has 3 aromatic heterocycles. The minimum absolute atomic E-state index is 0.0485. The fraction of sp³-hybridized carbons (Fsp3) is 0.409. The molecule has 0 aromatic carbocycles. The molecule has 0 bridgehead atoms. The first-order valence-corrected chi connectivity index (χ1v) is 10.7. The zero-order valence-electron chi connectivity index (χ0n) is 17.7. The Morgan fingerprint density at radius 2 is 2.06 bits per heavy atom. The minimum atomic E-state index is -0.536. The lowest BCUT2D eigenvalue weighted by Gasteiger charge is -2.21. The van der Waals surface area contributed by atoms with Crippen molar-refractivity contribution in [3.63, 3.8) is 0 Å². The molecule has 32 heavy (non-hydrogen) atoms. The van der Waals surface area contributed by atoms with E-state index in [0.29, 0.717) is 23.4 Å². The van der Waals surface area contributed by atoms with E-state index in [-0.39, 0.29) is 17.7 Å². The molecule has 1 atom stereocenters. The number of ether oxygens (including phenoxy) is 3. The number of aromatic nitrogens is 5. The van der Waals surface area contributed by atoms with Crippen molar-refractivity contribution in [3.8, 4) is 11.5 Å². The van der Waals surface area contributed by atoms with E-state index in [1.54, 1.807) is 18.3 Å². The molecule has 1 aliphatic heterocycles. The normalized spacial score (nSPS) is 18.2. The molecule has 0 spiro atoms. The molecule has 1 aliphatic carbocycles. The first kappa shape index (κ1) is 20.4. The number of anilines is 2. The summed E-state index contributed by atoms with van der Waals surface area (Å²) >= 11 is 0. The number of hydrogen-bond acceptors (Lipinski definition) is 9. The van der Waals surface area contributed by atoms with Gasteiger partial charge in [-0.25, -0.2) is 19.7 Å². The average molecular weight is 436 g/mol. The first-order valence-electron chi connectivity index (χ1n) is 10.7. The second-order valence-corrected chi connectivity index (χ2v) is 7.81.